The van der Waals surface area contributed by atoms with E-state index in [-0.39, 0.29) is 17.8 Å². The molecule has 0 atom stereocenters. The summed E-state index contributed by atoms with van der Waals surface area (Å²) in [4.78, 5) is 11.5. The molecule has 18 heavy (non-hydrogen) atoms. The van der Waals surface area contributed by atoms with Crippen LogP contribution in [0.4, 0.5) is 0 Å². The van der Waals surface area contributed by atoms with Crippen LogP contribution in [0, 0.1) is 0 Å². The third-order valence-corrected chi connectivity index (χ3v) is 3.39. The highest BCUT2D eigenvalue weighted by Crippen LogP contribution is 2.46. The Morgan fingerprint density at radius 1 is 1.56 bits per heavy atom. The van der Waals surface area contributed by atoms with Gasteiger partial charge in [-0.2, -0.15) is 5.10 Å². The highest BCUT2D eigenvalue weighted by molar-refractivity contribution is 5.88. The number of rotatable bonds is 3. The Bertz CT molecular complexity index is 443. The van der Waals surface area contributed by atoms with Gasteiger partial charge < -0.3 is 14.2 Å². The quantitative estimate of drug-likeness (QED) is 0.755. The molecule has 1 aromatic rings. The van der Waals surface area contributed by atoms with E-state index in [1.165, 1.54) is 0 Å². The van der Waals surface area contributed by atoms with Crippen LogP contribution >= 0.6 is 0 Å². The van der Waals surface area contributed by atoms with Crippen molar-refractivity contribution in [2.45, 2.75) is 31.6 Å². The second kappa shape index (κ2) is 4.37. The molecule has 1 aliphatic carbocycles. The molecule has 2 aliphatic rings. The van der Waals surface area contributed by atoms with Gasteiger partial charge in [0.25, 0.3) is 0 Å². The normalized spacial score (nSPS) is 22.1. The van der Waals surface area contributed by atoms with E-state index in [4.69, 9.17) is 14.2 Å². The van der Waals surface area contributed by atoms with E-state index in [2.05, 4.69) is 5.10 Å². The summed E-state index contributed by atoms with van der Waals surface area (Å²) in [6.07, 6.45) is 4.84. The fourth-order valence-electron chi connectivity index (χ4n) is 2.44. The summed E-state index contributed by atoms with van der Waals surface area (Å²) in [7, 11) is 0. The maximum atomic E-state index is 11.5. The minimum absolute atomic E-state index is 0.242. The second-order valence-electron chi connectivity index (χ2n) is 4.60. The molecule has 0 aromatic carbocycles. The number of hydrogen-bond donors (Lipinski definition) is 0. The highest BCUT2D eigenvalue weighted by atomic mass is 16.7. The molecule has 0 amide bonds. The molecule has 1 aliphatic heterocycles. The summed E-state index contributed by atoms with van der Waals surface area (Å²) >= 11 is 0. The van der Waals surface area contributed by atoms with Crippen LogP contribution in [0.2, 0.25) is 0 Å². The number of aromatic nitrogens is 2. The molecule has 0 radical (unpaired) electrons. The Hall–Kier alpha value is -1.40. The van der Waals surface area contributed by atoms with Gasteiger partial charge in [0.2, 0.25) is 0 Å². The number of esters is 1. The molecular weight excluding hydrogens is 236 g/mol. The van der Waals surface area contributed by atoms with Gasteiger partial charge in [0.1, 0.15) is 0 Å². The number of carbonyl (C=O) groups excluding carboxylic acids is 1. The van der Waals surface area contributed by atoms with Crippen LogP contribution in [0.1, 0.15) is 36.2 Å². The number of hydrogen-bond acceptors (Lipinski definition) is 5. The summed E-state index contributed by atoms with van der Waals surface area (Å²) in [5, 5.41) is 4.20. The average Bonchev–Trinajstić information content (AvgIpc) is 2.96. The number of ether oxygens (including phenoxy) is 3. The molecule has 6 heteroatoms. The average molecular weight is 252 g/mol. The second-order valence-corrected chi connectivity index (χ2v) is 4.60. The van der Waals surface area contributed by atoms with Gasteiger partial charge in [-0.25, -0.2) is 4.79 Å². The Balaban J connectivity index is 1.63. The largest absolute Gasteiger partial charge is 0.462 e. The molecule has 1 spiro atoms. The SMILES string of the molecule is CCOC(=O)c1cnn(C2CC3(C2)OCCO3)c1. The molecular formula is C12H16N2O4. The first-order valence-corrected chi connectivity index (χ1v) is 6.22. The van der Waals surface area contributed by atoms with Crippen molar-refractivity contribution < 1.29 is 19.0 Å². The van der Waals surface area contributed by atoms with E-state index in [0.29, 0.717) is 25.4 Å². The molecule has 6 nitrogen and oxygen atoms in total. The van der Waals surface area contributed by atoms with Crippen LogP contribution in [-0.4, -0.2) is 41.4 Å². The summed E-state index contributed by atoms with van der Waals surface area (Å²) < 4.78 is 17.9. The first-order valence-electron chi connectivity index (χ1n) is 6.22. The van der Waals surface area contributed by atoms with E-state index in [0.717, 1.165) is 12.8 Å². The molecule has 1 saturated heterocycles. The van der Waals surface area contributed by atoms with Gasteiger partial charge in [-0.05, 0) is 6.92 Å². The lowest BCUT2D eigenvalue weighted by molar-refractivity contribution is -0.227. The van der Waals surface area contributed by atoms with Crippen LogP contribution in [0.3, 0.4) is 0 Å². The van der Waals surface area contributed by atoms with Crippen LogP contribution in [0.15, 0.2) is 12.4 Å². The number of nitrogens with zero attached hydrogens (tertiary/aromatic N) is 2. The fraction of sp³-hybridized carbons (Fsp3) is 0.667. The summed E-state index contributed by atoms with van der Waals surface area (Å²) in [6, 6.07) is 0.242. The zero-order chi connectivity index (χ0) is 12.6. The molecule has 3 rings (SSSR count). The van der Waals surface area contributed by atoms with E-state index in [9.17, 15) is 4.79 Å². The topological polar surface area (TPSA) is 62.6 Å². The predicted octanol–water partition coefficient (Wildman–Crippen LogP) is 1.14. The molecule has 2 heterocycles. The van der Waals surface area contributed by atoms with Gasteiger partial charge >= 0.3 is 5.97 Å². The summed E-state index contributed by atoms with van der Waals surface area (Å²) in [5.41, 5.74) is 0.492. The molecule has 0 bridgehead atoms. The van der Waals surface area contributed by atoms with Gasteiger partial charge in [0, 0.05) is 19.0 Å². The maximum Gasteiger partial charge on any atom is 0.341 e. The van der Waals surface area contributed by atoms with Crippen molar-refractivity contribution in [1.29, 1.82) is 0 Å². The lowest BCUT2D eigenvalue weighted by Crippen LogP contribution is -2.45. The van der Waals surface area contributed by atoms with Crippen molar-refractivity contribution >= 4 is 5.97 Å². The Labute approximate surface area is 105 Å². The molecule has 2 fully saturated rings. The molecule has 98 valence electrons. The van der Waals surface area contributed by atoms with Crippen molar-refractivity contribution in [2.24, 2.45) is 0 Å². The minimum atomic E-state index is -0.388. The number of carbonyl (C=O) groups is 1. The van der Waals surface area contributed by atoms with Crippen LogP contribution in [0.5, 0.6) is 0 Å². The minimum Gasteiger partial charge on any atom is -0.462 e. The Kier molecular flexibility index (Phi) is 2.83. The van der Waals surface area contributed by atoms with Gasteiger partial charge in [0.05, 0.1) is 37.6 Å². The van der Waals surface area contributed by atoms with Gasteiger partial charge in [-0.15, -0.1) is 0 Å². The van der Waals surface area contributed by atoms with Crippen LogP contribution in [-0.2, 0) is 14.2 Å². The summed E-state index contributed by atoms with van der Waals surface area (Å²) in [6.45, 7) is 3.49. The lowest BCUT2D eigenvalue weighted by Gasteiger charge is -2.42. The predicted molar refractivity (Wildman–Crippen MR) is 61.1 cm³/mol. The van der Waals surface area contributed by atoms with Gasteiger partial charge in [-0.1, -0.05) is 0 Å². The molecule has 1 saturated carbocycles. The Morgan fingerprint density at radius 3 is 2.94 bits per heavy atom. The molecule has 1 aromatic heterocycles. The maximum absolute atomic E-state index is 11.5. The van der Waals surface area contributed by atoms with Crippen molar-refractivity contribution in [3.63, 3.8) is 0 Å². The van der Waals surface area contributed by atoms with E-state index < -0.39 is 0 Å². The molecule has 0 N–H and O–H groups in total. The van der Waals surface area contributed by atoms with Crippen LogP contribution in [0.25, 0.3) is 0 Å². The fourth-order valence-corrected chi connectivity index (χ4v) is 2.44. The highest BCUT2D eigenvalue weighted by Gasteiger charge is 2.50. The van der Waals surface area contributed by atoms with E-state index in [1.807, 2.05) is 0 Å². The third-order valence-electron chi connectivity index (χ3n) is 3.39. The van der Waals surface area contributed by atoms with E-state index >= 15 is 0 Å². The zero-order valence-corrected chi connectivity index (χ0v) is 10.3. The summed E-state index contributed by atoms with van der Waals surface area (Å²) in [5.74, 6) is -0.716. The standard InChI is InChI=1S/C12H16N2O4/c1-2-16-11(15)9-7-13-14(8-9)10-5-12(6-10)17-3-4-18-12/h7-8,10H,2-6H2,1H3. The zero-order valence-electron chi connectivity index (χ0n) is 10.3. The third kappa shape index (κ3) is 1.91. The van der Waals surface area contributed by atoms with Crippen molar-refractivity contribution in [1.82, 2.24) is 9.78 Å². The first kappa shape index (κ1) is 11.7. The van der Waals surface area contributed by atoms with Crippen LogP contribution < -0.4 is 0 Å². The Morgan fingerprint density at radius 2 is 2.28 bits per heavy atom. The molecule has 0 unspecified atom stereocenters. The van der Waals surface area contributed by atoms with Gasteiger partial charge in [-0.3, -0.25) is 4.68 Å². The monoisotopic (exact) mass is 252 g/mol. The lowest BCUT2D eigenvalue weighted by atomic mass is 9.85. The van der Waals surface area contributed by atoms with Crippen molar-refractivity contribution in [3.05, 3.63) is 18.0 Å². The van der Waals surface area contributed by atoms with Crippen molar-refractivity contribution in [3.8, 4) is 0 Å². The first-order chi connectivity index (χ1) is 8.72. The van der Waals surface area contributed by atoms with E-state index in [1.54, 1.807) is 24.0 Å². The smallest absolute Gasteiger partial charge is 0.341 e. The van der Waals surface area contributed by atoms with Crippen molar-refractivity contribution in [2.75, 3.05) is 19.8 Å². The van der Waals surface area contributed by atoms with Gasteiger partial charge in [0.15, 0.2) is 5.79 Å².